The molecule has 1 atom stereocenters. The smallest absolute Gasteiger partial charge is 0.264 e. The topological polar surface area (TPSA) is 61.7 Å². The first-order valence-electron chi connectivity index (χ1n) is 10.3. The molecule has 7 nitrogen and oxygen atoms in total. The minimum Gasteiger partial charge on any atom is -0.338 e. The van der Waals surface area contributed by atoms with Crippen LogP contribution in [0.1, 0.15) is 45.5 Å². The SMILES string of the molecule is Cc1nn(C)c(C)c1C1CCCN1CC(=O)N1CCN(C(=O)c2cccs2)CC1. The molecule has 2 amide bonds. The van der Waals surface area contributed by atoms with Gasteiger partial charge in [0.1, 0.15) is 0 Å². The van der Waals surface area contributed by atoms with Gasteiger partial charge in [0, 0.05) is 50.5 Å². The van der Waals surface area contributed by atoms with E-state index in [1.165, 1.54) is 22.6 Å². The number of likely N-dealkylation sites (tertiary alicyclic amines) is 1. The number of nitrogens with zero attached hydrogens (tertiary/aromatic N) is 5. The summed E-state index contributed by atoms with van der Waals surface area (Å²) >= 11 is 1.47. The zero-order valence-electron chi connectivity index (χ0n) is 17.4. The number of aryl methyl sites for hydroxylation is 2. The van der Waals surface area contributed by atoms with E-state index < -0.39 is 0 Å². The normalized spacial score (nSPS) is 20.4. The minimum absolute atomic E-state index is 0.0780. The van der Waals surface area contributed by atoms with Gasteiger partial charge in [0.2, 0.25) is 5.91 Å². The number of carbonyl (C=O) groups is 2. The maximum absolute atomic E-state index is 13.0. The maximum Gasteiger partial charge on any atom is 0.264 e. The van der Waals surface area contributed by atoms with Gasteiger partial charge in [0.05, 0.1) is 17.1 Å². The van der Waals surface area contributed by atoms with Crippen LogP contribution in [0.5, 0.6) is 0 Å². The highest BCUT2D eigenvalue weighted by atomic mass is 32.1. The standard InChI is InChI=1S/C21H29N5O2S/c1-15-20(16(2)23(3)22-15)17-6-4-8-26(17)14-19(27)24-9-11-25(12-10-24)21(28)18-7-5-13-29-18/h5,7,13,17H,4,6,8-12,14H2,1-3H3. The molecule has 2 fully saturated rings. The van der Waals surface area contributed by atoms with Gasteiger partial charge in [-0.05, 0) is 44.7 Å². The van der Waals surface area contributed by atoms with Gasteiger partial charge in [-0.15, -0.1) is 11.3 Å². The third-order valence-corrected chi connectivity index (χ3v) is 7.11. The fraction of sp³-hybridized carbons (Fsp3) is 0.571. The van der Waals surface area contributed by atoms with Gasteiger partial charge in [-0.25, -0.2) is 0 Å². The Morgan fingerprint density at radius 1 is 1.14 bits per heavy atom. The van der Waals surface area contributed by atoms with Gasteiger partial charge in [-0.1, -0.05) is 6.07 Å². The Bertz CT molecular complexity index is 883. The fourth-order valence-corrected chi connectivity index (χ4v) is 5.29. The maximum atomic E-state index is 13.0. The molecule has 2 aromatic rings. The molecule has 156 valence electrons. The van der Waals surface area contributed by atoms with Gasteiger partial charge < -0.3 is 9.80 Å². The van der Waals surface area contributed by atoms with E-state index >= 15 is 0 Å². The van der Waals surface area contributed by atoms with Crippen molar-refractivity contribution in [2.75, 3.05) is 39.3 Å². The Hall–Kier alpha value is -2.19. The average molecular weight is 416 g/mol. The van der Waals surface area contributed by atoms with Gasteiger partial charge in [0.25, 0.3) is 5.91 Å². The number of hydrogen-bond acceptors (Lipinski definition) is 5. The third-order valence-electron chi connectivity index (χ3n) is 6.25. The molecule has 2 aromatic heterocycles. The molecule has 4 heterocycles. The van der Waals surface area contributed by atoms with Crippen LogP contribution in [0.3, 0.4) is 0 Å². The molecular weight excluding hydrogens is 386 g/mol. The van der Waals surface area contributed by atoms with Crippen molar-refractivity contribution in [3.05, 3.63) is 39.3 Å². The van der Waals surface area contributed by atoms with E-state index in [4.69, 9.17) is 0 Å². The Labute approximate surface area is 175 Å². The predicted molar refractivity (Wildman–Crippen MR) is 113 cm³/mol. The van der Waals surface area contributed by atoms with Crippen molar-refractivity contribution in [1.29, 1.82) is 0 Å². The van der Waals surface area contributed by atoms with Crippen LogP contribution in [0.4, 0.5) is 0 Å². The lowest BCUT2D eigenvalue weighted by Gasteiger charge is -2.36. The van der Waals surface area contributed by atoms with Gasteiger partial charge in [-0.2, -0.15) is 5.10 Å². The molecule has 0 N–H and O–H groups in total. The summed E-state index contributed by atoms with van der Waals surface area (Å²) in [5, 5.41) is 6.48. The molecule has 0 aromatic carbocycles. The van der Waals surface area contributed by atoms with Crippen LogP contribution in [0, 0.1) is 13.8 Å². The van der Waals surface area contributed by atoms with Crippen molar-refractivity contribution < 1.29 is 9.59 Å². The molecule has 0 spiro atoms. The highest BCUT2D eigenvalue weighted by molar-refractivity contribution is 7.12. The van der Waals surface area contributed by atoms with Crippen molar-refractivity contribution in [3.8, 4) is 0 Å². The first-order valence-corrected chi connectivity index (χ1v) is 11.2. The number of aromatic nitrogens is 2. The van der Waals surface area contributed by atoms with Crippen LogP contribution < -0.4 is 0 Å². The lowest BCUT2D eigenvalue weighted by atomic mass is 10.0. The van der Waals surface area contributed by atoms with Crippen LogP contribution in [0.25, 0.3) is 0 Å². The monoisotopic (exact) mass is 415 g/mol. The highest BCUT2D eigenvalue weighted by Crippen LogP contribution is 2.35. The van der Waals surface area contributed by atoms with Crippen molar-refractivity contribution in [2.45, 2.75) is 32.7 Å². The summed E-state index contributed by atoms with van der Waals surface area (Å²) in [6, 6.07) is 4.03. The predicted octanol–water partition coefficient (Wildman–Crippen LogP) is 2.22. The average Bonchev–Trinajstić information content (AvgIpc) is 3.44. The second-order valence-corrected chi connectivity index (χ2v) is 8.93. The van der Waals surface area contributed by atoms with Crippen LogP contribution in [-0.2, 0) is 11.8 Å². The van der Waals surface area contributed by atoms with E-state index in [2.05, 4.69) is 23.8 Å². The summed E-state index contributed by atoms with van der Waals surface area (Å²) in [6.07, 6.45) is 2.18. The van der Waals surface area contributed by atoms with Gasteiger partial charge in [0.15, 0.2) is 0 Å². The lowest BCUT2D eigenvalue weighted by Crippen LogP contribution is -2.52. The van der Waals surface area contributed by atoms with Crippen LogP contribution >= 0.6 is 11.3 Å². The Morgan fingerprint density at radius 3 is 2.48 bits per heavy atom. The van der Waals surface area contributed by atoms with E-state index in [0.717, 1.165) is 30.0 Å². The van der Waals surface area contributed by atoms with E-state index in [1.807, 2.05) is 39.0 Å². The molecule has 2 aliphatic rings. The minimum atomic E-state index is 0.0780. The molecule has 0 saturated carbocycles. The number of piperazine rings is 1. The molecule has 0 radical (unpaired) electrons. The Balaban J connectivity index is 1.35. The summed E-state index contributed by atoms with van der Waals surface area (Å²) in [4.78, 5) is 32.3. The summed E-state index contributed by atoms with van der Waals surface area (Å²) < 4.78 is 1.94. The van der Waals surface area contributed by atoms with E-state index in [-0.39, 0.29) is 17.9 Å². The summed E-state index contributed by atoms with van der Waals surface area (Å²) in [6.45, 7) is 7.98. The summed E-state index contributed by atoms with van der Waals surface area (Å²) in [5.74, 6) is 0.244. The van der Waals surface area contributed by atoms with Crippen LogP contribution in [0.2, 0.25) is 0 Å². The van der Waals surface area contributed by atoms with E-state index in [9.17, 15) is 9.59 Å². The summed E-state index contributed by atoms with van der Waals surface area (Å²) in [5.41, 5.74) is 3.53. The summed E-state index contributed by atoms with van der Waals surface area (Å²) in [7, 11) is 1.98. The zero-order valence-corrected chi connectivity index (χ0v) is 18.2. The first kappa shape index (κ1) is 20.1. The molecule has 2 aliphatic heterocycles. The number of rotatable bonds is 4. The van der Waals surface area contributed by atoms with Crippen molar-refractivity contribution in [2.24, 2.45) is 7.05 Å². The number of hydrogen-bond donors (Lipinski definition) is 0. The number of carbonyl (C=O) groups excluding carboxylic acids is 2. The van der Waals surface area contributed by atoms with Crippen LogP contribution in [0.15, 0.2) is 17.5 Å². The van der Waals surface area contributed by atoms with Crippen molar-refractivity contribution >= 4 is 23.2 Å². The molecule has 0 bridgehead atoms. The molecular formula is C21H29N5O2S. The molecule has 29 heavy (non-hydrogen) atoms. The quantitative estimate of drug-likeness (QED) is 0.768. The zero-order chi connectivity index (χ0) is 20.5. The largest absolute Gasteiger partial charge is 0.338 e. The molecule has 8 heteroatoms. The fourth-order valence-electron chi connectivity index (χ4n) is 4.60. The lowest BCUT2D eigenvalue weighted by molar-refractivity contribution is -0.134. The Kier molecular flexibility index (Phi) is 5.74. The van der Waals surface area contributed by atoms with Crippen molar-refractivity contribution in [3.63, 3.8) is 0 Å². The third kappa shape index (κ3) is 3.96. The second-order valence-electron chi connectivity index (χ2n) is 7.99. The molecule has 0 aliphatic carbocycles. The Morgan fingerprint density at radius 2 is 1.86 bits per heavy atom. The first-order chi connectivity index (χ1) is 14.0. The van der Waals surface area contributed by atoms with Gasteiger partial charge >= 0.3 is 0 Å². The van der Waals surface area contributed by atoms with Gasteiger partial charge in [-0.3, -0.25) is 19.2 Å². The molecule has 2 saturated heterocycles. The number of thiophene rings is 1. The second kappa shape index (κ2) is 8.28. The van der Waals surface area contributed by atoms with E-state index in [1.54, 1.807) is 0 Å². The van der Waals surface area contributed by atoms with Crippen molar-refractivity contribution in [1.82, 2.24) is 24.5 Å². The number of amides is 2. The van der Waals surface area contributed by atoms with E-state index in [0.29, 0.717) is 32.7 Å². The molecule has 4 rings (SSSR count). The van der Waals surface area contributed by atoms with Crippen LogP contribution in [-0.4, -0.2) is 75.6 Å². The molecule has 1 unspecified atom stereocenters. The highest BCUT2D eigenvalue weighted by Gasteiger charge is 2.33.